The highest BCUT2D eigenvalue weighted by Gasteiger charge is 2.41. The van der Waals surface area contributed by atoms with Crippen molar-refractivity contribution in [2.45, 2.75) is 59.3 Å². The van der Waals surface area contributed by atoms with Crippen molar-refractivity contribution < 1.29 is 0 Å². The first-order valence-electron chi connectivity index (χ1n) is 6.12. The summed E-state index contributed by atoms with van der Waals surface area (Å²) in [4.78, 5) is 0. The lowest BCUT2D eigenvalue weighted by atomic mass is 9.62. The molecule has 0 aromatic rings. The molecule has 0 amide bonds. The third-order valence-corrected chi connectivity index (χ3v) is 5.03. The molecule has 2 fully saturated rings. The predicted octanol–water partition coefficient (Wildman–Crippen LogP) is 4.25. The van der Waals surface area contributed by atoms with E-state index >= 15 is 0 Å². The maximum atomic E-state index is 2.52. The maximum Gasteiger partial charge on any atom is -0.0300 e. The van der Waals surface area contributed by atoms with E-state index in [9.17, 15) is 0 Å². The highest BCUT2D eigenvalue weighted by Crippen LogP contribution is 2.52. The molecule has 2 rings (SSSR count). The van der Waals surface area contributed by atoms with Crippen LogP contribution in [0.15, 0.2) is 0 Å². The molecule has 0 saturated heterocycles. The molecule has 0 bridgehead atoms. The molecule has 0 aromatic heterocycles. The minimum absolute atomic E-state index is 0.672. The lowest BCUT2D eigenvalue weighted by molar-refractivity contribution is 0.0752. The van der Waals surface area contributed by atoms with E-state index in [1.165, 1.54) is 32.1 Å². The zero-order chi connectivity index (χ0) is 9.47. The molecular weight excluding hydrogens is 156 g/mol. The third kappa shape index (κ3) is 1.65. The molecule has 0 heteroatoms. The van der Waals surface area contributed by atoms with E-state index in [4.69, 9.17) is 0 Å². The molecule has 0 aromatic carbocycles. The number of hydrogen-bond donors (Lipinski definition) is 0. The second kappa shape index (κ2) is 3.29. The van der Waals surface area contributed by atoms with Gasteiger partial charge in [-0.05, 0) is 42.4 Å². The summed E-state index contributed by atoms with van der Waals surface area (Å²) in [6, 6.07) is 0. The molecule has 0 radical (unpaired) electrons. The lowest BCUT2D eigenvalue weighted by Crippen LogP contribution is -2.33. The molecule has 3 unspecified atom stereocenters. The van der Waals surface area contributed by atoms with E-state index in [0.29, 0.717) is 5.41 Å². The minimum Gasteiger partial charge on any atom is -0.0623 e. The lowest BCUT2D eigenvalue weighted by Gasteiger charge is -2.43. The van der Waals surface area contributed by atoms with Crippen LogP contribution in [0, 0.1) is 23.2 Å². The van der Waals surface area contributed by atoms with Gasteiger partial charge >= 0.3 is 0 Å². The molecule has 2 aliphatic carbocycles. The predicted molar refractivity (Wildman–Crippen MR) is 57.6 cm³/mol. The van der Waals surface area contributed by atoms with Crippen LogP contribution in [0.25, 0.3) is 0 Å². The summed E-state index contributed by atoms with van der Waals surface area (Å²) in [5.74, 6) is 3.10. The van der Waals surface area contributed by atoms with Gasteiger partial charge in [0.2, 0.25) is 0 Å². The molecule has 0 heterocycles. The number of fused-ring (bicyclic) bond motifs is 1. The summed E-state index contributed by atoms with van der Waals surface area (Å²) in [6.07, 6.45) is 9.13. The Kier molecular flexibility index (Phi) is 2.42. The summed E-state index contributed by atoms with van der Waals surface area (Å²) in [5.41, 5.74) is 0.672. The zero-order valence-electron chi connectivity index (χ0n) is 9.47. The van der Waals surface area contributed by atoms with Crippen LogP contribution in [0.4, 0.5) is 0 Å². The van der Waals surface area contributed by atoms with Crippen molar-refractivity contribution in [2.75, 3.05) is 0 Å². The highest BCUT2D eigenvalue weighted by molar-refractivity contribution is 4.91. The SMILES string of the molecule is CC(C)C1(C)CCC2CCCC2C1. The normalized spacial score (nSPS) is 45.2. The monoisotopic (exact) mass is 180 g/mol. The maximum absolute atomic E-state index is 2.52. The van der Waals surface area contributed by atoms with Gasteiger partial charge in [-0.3, -0.25) is 0 Å². The Morgan fingerprint density at radius 3 is 2.46 bits per heavy atom. The molecule has 13 heavy (non-hydrogen) atoms. The standard InChI is InChI=1S/C13H24/c1-10(2)13(3)8-7-11-5-4-6-12(11)9-13/h10-12H,4-9H2,1-3H3. The molecule has 2 aliphatic rings. The molecule has 0 N–H and O–H groups in total. The Bertz CT molecular complexity index is 182. The fraction of sp³-hybridized carbons (Fsp3) is 1.00. The Hall–Kier alpha value is 0. The molecular formula is C13H24. The first-order chi connectivity index (χ1) is 6.12. The quantitative estimate of drug-likeness (QED) is 0.566. The Morgan fingerprint density at radius 2 is 1.77 bits per heavy atom. The van der Waals surface area contributed by atoms with Crippen molar-refractivity contribution in [2.24, 2.45) is 23.2 Å². The first-order valence-corrected chi connectivity index (χ1v) is 6.12. The summed E-state index contributed by atoms with van der Waals surface area (Å²) < 4.78 is 0. The van der Waals surface area contributed by atoms with Crippen LogP contribution < -0.4 is 0 Å². The second-order valence-electron chi connectivity index (χ2n) is 6.00. The van der Waals surface area contributed by atoms with Crippen LogP contribution in [0.3, 0.4) is 0 Å². The van der Waals surface area contributed by atoms with Crippen LogP contribution in [0.1, 0.15) is 59.3 Å². The Balaban J connectivity index is 2.04. The van der Waals surface area contributed by atoms with Crippen molar-refractivity contribution in [1.29, 1.82) is 0 Å². The van der Waals surface area contributed by atoms with Crippen LogP contribution in [0.2, 0.25) is 0 Å². The van der Waals surface area contributed by atoms with E-state index < -0.39 is 0 Å². The fourth-order valence-electron chi connectivity index (χ4n) is 3.50. The van der Waals surface area contributed by atoms with Crippen LogP contribution in [-0.2, 0) is 0 Å². The van der Waals surface area contributed by atoms with Gasteiger partial charge in [-0.15, -0.1) is 0 Å². The molecule has 0 nitrogen and oxygen atoms in total. The average Bonchev–Trinajstić information content (AvgIpc) is 2.50. The van der Waals surface area contributed by atoms with E-state index in [-0.39, 0.29) is 0 Å². The Morgan fingerprint density at radius 1 is 1.08 bits per heavy atom. The van der Waals surface area contributed by atoms with Gasteiger partial charge in [0.1, 0.15) is 0 Å². The minimum atomic E-state index is 0.672. The van der Waals surface area contributed by atoms with Crippen molar-refractivity contribution in [3.8, 4) is 0 Å². The van der Waals surface area contributed by atoms with Crippen LogP contribution in [-0.4, -0.2) is 0 Å². The van der Waals surface area contributed by atoms with Crippen molar-refractivity contribution >= 4 is 0 Å². The topological polar surface area (TPSA) is 0 Å². The van der Waals surface area contributed by atoms with E-state index in [0.717, 1.165) is 17.8 Å². The molecule has 0 spiro atoms. The van der Waals surface area contributed by atoms with E-state index in [1.807, 2.05) is 0 Å². The summed E-state index contributed by atoms with van der Waals surface area (Å²) >= 11 is 0. The molecule has 2 saturated carbocycles. The third-order valence-electron chi connectivity index (χ3n) is 5.03. The van der Waals surface area contributed by atoms with Crippen molar-refractivity contribution in [3.63, 3.8) is 0 Å². The first kappa shape index (κ1) is 9.55. The van der Waals surface area contributed by atoms with Gasteiger partial charge in [-0.1, -0.05) is 40.0 Å². The van der Waals surface area contributed by atoms with Gasteiger partial charge in [-0.2, -0.15) is 0 Å². The van der Waals surface area contributed by atoms with E-state index in [1.54, 1.807) is 6.42 Å². The van der Waals surface area contributed by atoms with Crippen LogP contribution in [0.5, 0.6) is 0 Å². The highest BCUT2D eigenvalue weighted by atomic mass is 14.5. The van der Waals surface area contributed by atoms with Crippen LogP contribution >= 0.6 is 0 Å². The van der Waals surface area contributed by atoms with Gasteiger partial charge in [-0.25, -0.2) is 0 Å². The largest absolute Gasteiger partial charge is 0.0623 e. The van der Waals surface area contributed by atoms with Gasteiger partial charge in [0.05, 0.1) is 0 Å². The van der Waals surface area contributed by atoms with Crippen molar-refractivity contribution in [1.82, 2.24) is 0 Å². The van der Waals surface area contributed by atoms with Gasteiger partial charge in [0.15, 0.2) is 0 Å². The second-order valence-corrected chi connectivity index (χ2v) is 6.00. The van der Waals surface area contributed by atoms with Crippen molar-refractivity contribution in [3.05, 3.63) is 0 Å². The summed E-state index contributed by atoms with van der Waals surface area (Å²) in [5, 5.41) is 0. The smallest absolute Gasteiger partial charge is 0.0300 e. The number of hydrogen-bond acceptors (Lipinski definition) is 0. The number of rotatable bonds is 1. The summed E-state index contributed by atoms with van der Waals surface area (Å²) in [6.45, 7) is 7.34. The molecule has 76 valence electrons. The summed E-state index contributed by atoms with van der Waals surface area (Å²) in [7, 11) is 0. The zero-order valence-corrected chi connectivity index (χ0v) is 9.47. The average molecular weight is 180 g/mol. The Labute approximate surface area is 83.1 Å². The van der Waals surface area contributed by atoms with Gasteiger partial charge < -0.3 is 0 Å². The molecule has 0 aliphatic heterocycles. The van der Waals surface area contributed by atoms with Gasteiger partial charge in [0.25, 0.3) is 0 Å². The molecule has 3 atom stereocenters. The van der Waals surface area contributed by atoms with Gasteiger partial charge in [0, 0.05) is 0 Å². The fourth-order valence-corrected chi connectivity index (χ4v) is 3.50. The van der Waals surface area contributed by atoms with E-state index in [2.05, 4.69) is 20.8 Å².